The smallest absolute Gasteiger partial charge is 0.224 e. The molecule has 0 aliphatic heterocycles. The van der Waals surface area contributed by atoms with Gasteiger partial charge in [0.15, 0.2) is 17.8 Å². The van der Waals surface area contributed by atoms with Crippen LogP contribution in [0.1, 0.15) is 38.7 Å². The van der Waals surface area contributed by atoms with E-state index in [0.717, 1.165) is 24.8 Å². The van der Waals surface area contributed by atoms with Crippen molar-refractivity contribution in [1.29, 1.82) is 0 Å². The largest absolute Gasteiger partial charge is 0.493 e. The Morgan fingerprint density at radius 1 is 1.04 bits per heavy atom. The number of carbonyl (C=O) groups excluding carboxylic acids is 1. The molecule has 0 saturated heterocycles. The lowest BCUT2D eigenvalue weighted by Crippen LogP contribution is -2.26. The van der Waals surface area contributed by atoms with E-state index in [4.69, 9.17) is 18.9 Å². The van der Waals surface area contributed by atoms with Crippen molar-refractivity contribution >= 4 is 5.91 Å². The van der Waals surface area contributed by atoms with Crippen molar-refractivity contribution in [3.05, 3.63) is 23.8 Å². The van der Waals surface area contributed by atoms with E-state index in [1.165, 1.54) is 0 Å². The molecule has 1 aromatic carbocycles. The summed E-state index contributed by atoms with van der Waals surface area (Å²) in [7, 11) is 3.17. The third-order valence-electron chi connectivity index (χ3n) is 3.71. The fraction of sp³-hybridized carbons (Fsp3) is 0.632. The highest BCUT2D eigenvalue weighted by Gasteiger charge is 2.09. The number of amides is 1. The number of unbranched alkanes of at least 4 members (excludes halogenated alkanes) is 1. The molecule has 0 aromatic heterocycles. The van der Waals surface area contributed by atoms with Gasteiger partial charge in [-0.2, -0.15) is 0 Å². The summed E-state index contributed by atoms with van der Waals surface area (Å²) in [5.74, 6) is 1.29. The Labute approximate surface area is 150 Å². The summed E-state index contributed by atoms with van der Waals surface area (Å²) < 4.78 is 21.4. The number of ether oxygens (including phenoxy) is 4. The van der Waals surface area contributed by atoms with Crippen molar-refractivity contribution < 1.29 is 23.7 Å². The molecule has 0 saturated carbocycles. The van der Waals surface area contributed by atoms with Gasteiger partial charge in [0, 0.05) is 19.8 Å². The maximum Gasteiger partial charge on any atom is 0.224 e. The van der Waals surface area contributed by atoms with Gasteiger partial charge in [-0.25, -0.2) is 0 Å². The summed E-state index contributed by atoms with van der Waals surface area (Å²) in [6.07, 6.45) is 2.86. The molecule has 1 rings (SSSR count). The predicted octanol–water partition coefficient (Wildman–Crippen LogP) is 2.93. The van der Waals surface area contributed by atoms with Crippen LogP contribution in [-0.4, -0.2) is 46.2 Å². The van der Waals surface area contributed by atoms with Crippen molar-refractivity contribution in [2.75, 3.05) is 34.0 Å². The molecular weight excluding hydrogens is 322 g/mol. The zero-order valence-electron chi connectivity index (χ0n) is 15.8. The zero-order chi connectivity index (χ0) is 18.5. The van der Waals surface area contributed by atoms with E-state index in [-0.39, 0.29) is 12.2 Å². The number of hydrogen-bond donors (Lipinski definition) is 1. The van der Waals surface area contributed by atoms with Crippen molar-refractivity contribution in [2.24, 2.45) is 0 Å². The number of benzene rings is 1. The first-order valence-corrected chi connectivity index (χ1v) is 8.85. The van der Waals surface area contributed by atoms with Crippen LogP contribution in [0.2, 0.25) is 0 Å². The van der Waals surface area contributed by atoms with Crippen molar-refractivity contribution in [3.63, 3.8) is 0 Å². The average molecular weight is 353 g/mol. The van der Waals surface area contributed by atoms with Gasteiger partial charge in [0.2, 0.25) is 5.91 Å². The van der Waals surface area contributed by atoms with E-state index in [0.29, 0.717) is 37.7 Å². The Morgan fingerprint density at radius 3 is 2.32 bits per heavy atom. The molecule has 6 nitrogen and oxygen atoms in total. The Balaban J connectivity index is 2.29. The highest BCUT2D eigenvalue weighted by atomic mass is 16.7. The maximum atomic E-state index is 12.0. The van der Waals surface area contributed by atoms with Gasteiger partial charge >= 0.3 is 0 Å². The fourth-order valence-corrected chi connectivity index (χ4v) is 2.49. The minimum Gasteiger partial charge on any atom is -0.493 e. The second kappa shape index (κ2) is 12.6. The molecule has 0 fully saturated rings. The van der Waals surface area contributed by atoms with Crippen LogP contribution in [0.5, 0.6) is 11.5 Å². The molecule has 0 atom stereocenters. The third kappa shape index (κ3) is 8.23. The Hall–Kier alpha value is -1.79. The number of methoxy groups -OCH3 is 2. The van der Waals surface area contributed by atoms with Crippen LogP contribution in [0.4, 0.5) is 0 Å². The molecule has 0 unspecified atom stereocenters. The summed E-state index contributed by atoms with van der Waals surface area (Å²) in [6.45, 7) is 5.86. The molecule has 1 amide bonds. The highest BCUT2D eigenvalue weighted by Crippen LogP contribution is 2.27. The Morgan fingerprint density at radius 2 is 1.72 bits per heavy atom. The Kier molecular flexibility index (Phi) is 10.7. The Bertz CT molecular complexity index is 501. The first kappa shape index (κ1) is 21.3. The van der Waals surface area contributed by atoms with Crippen LogP contribution < -0.4 is 14.8 Å². The summed E-state index contributed by atoms with van der Waals surface area (Å²) in [5, 5.41) is 2.94. The molecule has 0 spiro atoms. The maximum absolute atomic E-state index is 12.0. The van der Waals surface area contributed by atoms with Crippen LogP contribution in [-0.2, 0) is 20.7 Å². The van der Waals surface area contributed by atoms with Gasteiger partial charge in [-0.3, -0.25) is 4.79 Å². The highest BCUT2D eigenvalue weighted by molar-refractivity contribution is 5.78. The van der Waals surface area contributed by atoms with Gasteiger partial charge in [-0.15, -0.1) is 0 Å². The van der Waals surface area contributed by atoms with Gasteiger partial charge in [0.1, 0.15) is 0 Å². The molecule has 0 aliphatic carbocycles. The number of carbonyl (C=O) groups is 1. The minimum atomic E-state index is -0.141. The molecule has 0 heterocycles. The summed E-state index contributed by atoms with van der Waals surface area (Å²) in [6, 6.07) is 5.51. The average Bonchev–Trinajstić information content (AvgIpc) is 2.61. The van der Waals surface area contributed by atoms with E-state index in [9.17, 15) is 4.79 Å². The van der Waals surface area contributed by atoms with Crippen molar-refractivity contribution in [1.82, 2.24) is 5.32 Å². The van der Waals surface area contributed by atoms with E-state index in [1.807, 2.05) is 32.0 Å². The second-order valence-electron chi connectivity index (χ2n) is 5.55. The fourth-order valence-electron chi connectivity index (χ4n) is 2.49. The second-order valence-corrected chi connectivity index (χ2v) is 5.55. The molecule has 1 aromatic rings. The zero-order valence-corrected chi connectivity index (χ0v) is 15.8. The summed E-state index contributed by atoms with van der Waals surface area (Å²) >= 11 is 0. The lowest BCUT2D eigenvalue weighted by atomic mass is 10.1. The van der Waals surface area contributed by atoms with Gasteiger partial charge in [-0.05, 0) is 50.8 Å². The topological polar surface area (TPSA) is 66.0 Å². The first-order chi connectivity index (χ1) is 12.1. The van der Waals surface area contributed by atoms with Crippen molar-refractivity contribution in [2.45, 2.75) is 45.8 Å². The lowest BCUT2D eigenvalue weighted by Gasteiger charge is -2.16. The summed E-state index contributed by atoms with van der Waals surface area (Å²) in [5.41, 5.74) is 0.892. The standard InChI is InChI=1S/C19H31NO5/c1-5-24-19(25-6-2)9-7-8-12-20-18(21)14-15-10-11-16(22-3)17(13-15)23-4/h10-11,13,19H,5-9,12,14H2,1-4H3,(H,20,21). The third-order valence-corrected chi connectivity index (χ3v) is 3.71. The molecular formula is C19H31NO5. The van der Waals surface area contributed by atoms with E-state index >= 15 is 0 Å². The predicted molar refractivity (Wildman–Crippen MR) is 97.2 cm³/mol. The van der Waals surface area contributed by atoms with Gasteiger partial charge in [0.05, 0.1) is 20.6 Å². The monoisotopic (exact) mass is 353 g/mol. The van der Waals surface area contributed by atoms with Crippen LogP contribution in [0, 0.1) is 0 Å². The molecule has 0 radical (unpaired) electrons. The molecule has 142 valence electrons. The van der Waals surface area contributed by atoms with Crippen LogP contribution >= 0.6 is 0 Å². The summed E-state index contributed by atoms with van der Waals surface area (Å²) in [4.78, 5) is 12.0. The van der Waals surface area contributed by atoms with Crippen LogP contribution in [0.3, 0.4) is 0 Å². The number of hydrogen-bond acceptors (Lipinski definition) is 5. The SMILES string of the molecule is CCOC(CCCCNC(=O)Cc1ccc(OC)c(OC)c1)OCC. The minimum absolute atomic E-state index is 0.00149. The lowest BCUT2D eigenvalue weighted by molar-refractivity contribution is -0.140. The molecule has 1 N–H and O–H groups in total. The van der Waals surface area contributed by atoms with Gasteiger partial charge in [-0.1, -0.05) is 6.07 Å². The molecule has 25 heavy (non-hydrogen) atoms. The van der Waals surface area contributed by atoms with E-state index < -0.39 is 0 Å². The number of rotatable bonds is 13. The van der Waals surface area contributed by atoms with Crippen LogP contribution in [0.25, 0.3) is 0 Å². The molecule has 0 bridgehead atoms. The number of nitrogens with one attached hydrogen (secondary N) is 1. The molecule has 6 heteroatoms. The van der Waals surface area contributed by atoms with Gasteiger partial charge < -0.3 is 24.3 Å². The molecule has 0 aliphatic rings. The van der Waals surface area contributed by atoms with Crippen LogP contribution in [0.15, 0.2) is 18.2 Å². The first-order valence-electron chi connectivity index (χ1n) is 8.85. The van der Waals surface area contributed by atoms with E-state index in [2.05, 4.69) is 5.32 Å². The normalized spacial score (nSPS) is 10.8. The van der Waals surface area contributed by atoms with Gasteiger partial charge in [0.25, 0.3) is 0 Å². The van der Waals surface area contributed by atoms with Crippen molar-refractivity contribution in [3.8, 4) is 11.5 Å². The van der Waals surface area contributed by atoms with E-state index in [1.54, 1.807) is 14.2 Å². The quantitative estimate of drug-likeness (QED) is 0.436.